The summed E-state index contributed by atoms with van der Waals surface area (Å²) in [6, 6.07) is 5.08. The minimum atomic E-state index is -0.194. The molecule has 0 spiro atoms. The van der Waals surface area contributed by atoms with Gasteiger partial charge in [0, 0.05) is 18.3 Å². The van der Waals surface area contributed by atoms with Gasteiger partial charge in [0.2, 0.25) is 0 Å². The first-order valence-electron chi connectivity index (χ1n) is 5.02. The number of benzene rings is 1. The summed E-state index contributed by atoms with van der Waals surface area (Å²) in [5, 5.41) is 11.5. The lowest BCUT2D eigenvalue weighted by molar-refractivity contribution is 0.0933. The van der Waals surface area contributed by atoms with Crippen molar-refractivity contribution in [1.82, 2.24) is 5.32 Å². The van der Waals surface area contributed by atoms with Crippen LogP contribution in [0.1, 0.15) is 23.7 Å². The number of amides is 1. The number of nitrogen functional groups attached to an aromatic ring is 1. The molecule has 5 heteroatoms. The standard InChI is InChI=1S/C11H15BrN2O2/c1-7(5-6-15)14-11(16)8-3-2-4-9(13)10(8)12/h2-4,7,15H,5-6,13H2,1H3,(H,14,16). The SMILES string of the molecule is CC(CCO)NC(=O)c1cccc(N)c1Br. The van der Waals surface area contributed by atoms with Crippen LogP contribution in [0.2, 0.25) is 0 Å². The highest BCUT2D eigenvalue weighted by Gasteiger charge is 2.13. The van der Waals surface area contributed by atoms with Gasteiger partial charge in [0.1, 0.15) is 0 Å². The number of hydrogen-bond acceptors (Lipinski definition) is 3. The molecular weight excluding hydrogens is 272 g/mol. The van der Waals surface area contributed by atoms with E-state index in [4.69, 9.17) is 10.8 Å². The molecule has 0 heterocycles. The summed E-state index contributed by atoms with van der Waals surface area (Å²) in [5.41, 5.74) is 6.72. The van der Waals surface area contributed by atoms with Crippen LogP contribution in [0, 0.1) is 0 Å². The summed E-state index contributed by atoms with van der Waals surface area (Å²) in [6.45, 7) is 1.90. The highest BCUT2D eigenvalue weighted by molar-refractivity contribution is 9.10. The predicted octanol–water partition coefficient (Wildman–Crippen LogP) is 1.53. The molecule has 0 bridgehead atoms. The molecule has 4 nitrogen and oxygen atoms in total. The van der Waals surface area contributed by atoms with Crippen molar-refractivity contribution >= 4 is 27.5 Å². The number of hydrogen-bond donors (Lipinski definition) is 3. The van der Waals surface area contributed by atoms with Crippen LogP contribution >= 0.6 is 15.9 Å². The molecule has 1 aromatic carbocycles. The highest BCUT2D eigenvalue weighted by Crippen LogP contribution is 2.23. The number of halogens is 1. The second-order valence-electron chi connectivity index (χ2n) is 3.60. The third-order valence-corrected chi connectivity index (χ3v) is 3.10. The van der Waals surface area contributed by atoms with Gasteiger partial charge in [-0.15, -0.1) is 0 Å². The zero-order chi connectivity index (χ0) is 12.1. The summed E-state index contributed by atoms with van der Waals surface area (Å²) < 4.78 is 0.601. The summed E-state index contributed by atoms with van der Waals surface area (Å²) in [7, 11) is 0. The van der Waals surface area contributed by atoms with E-state index >= 15 is 0 Å². The molecule has 0 fully saturated rings. The maximum atomic E-state index is 11.8. The molecule has 1 amide bonds. The quantitative estimate of drug-likeness (QED) is 0.735. The Balaban J connectivity index is 2.77. The Morgan fingerprint density at radius 3 is 2.94 bits per heavy atom. The maximum absolute atomic E-state index is 11.8. The zero-order valence-corrected chi connectivity index (χ0v) is 10.6. The van der Waals surface area contributed by atoms with Crippen LogP contribution in [-0.2, 0) is 0 Å². The second-order valence-corrected chi connectivity index (χ2v) is 4.39. The van der Waals surface area contributed by atoms with Crippen molar-refractivity contribution in [2.45, 2.75) is 19.4 Å². The van der Waals surface area contributed by atoms with Crippen LogP contribution in [0.3, 0.4) is 0 Å². The highest BCUT2D eigenvalue weighted by atomic mass is 79.9. The molecule has 0 aromatic heterocycles. The molecule has 0 radical (unpaired) electrons. The van der Waals surface area contributed by atoms with Crippen LogP contribution in [0.25, 0.3) is 0 Å². The van der Waals surface area contributed by atoms with Crippen molar-refractivity contribution in [3.8, 4) is 0 Å². The molecule has 1 aromatic rings. The first-order chi connectivity index (χ1) is 7.56. The third kappa shape index (κ3) is 3.21. The van der Waals surface area contributed by atoms with Crippen molar-refractivity contribution in [2.75, 3.05) is 12.3 Å². The Hall–Kier alpha value is -1.07. The minimum absolute atomic E-state index is 0.0551. The van der Waals surface area contributed by atoms with Crippen LogP contribution in [0.15, 0.2) is 22.7 Å². The fourth-order valence-electron chi connectivity index (χ4n) is 1.29. The lowest BCUT2D eigenvalue weighted by Crippen LogP contribution is -2.33. The van der Waals surface area contributed by atoms with Crippen LogP contribution < -0.4 is 11.1 Å². The maximum Gasteiger partial charge on any atom is 0.252 e. The Kier molecular flexibility index (Phi) is 4.76. The fraction of sp³-hybridized carbons (Fsp3) is 0.364. The largest absolute Gasteiger partial charge is 0.398 e. The normalized spacial score (nSPS) is 12.2. The smallest absolute Gasteiger partial charge is 0.252 e. The number of carbonyl (C=O) groups is 1. The minimum Gasteiger partial charge on any atom is -0.398 e. The molecule has 0 aliphatic carbocycles. The summed E-state index contributed by atoms with van der Waals surface area (Å²) >= 11 is 3.27. The first kappa shape index (κ1) is 13.0. The van der Waals surface area contributed by atoms with Crippen molar-refractivity contribution in [1.29, 1.82) is 0 Å². The summed E-state index contributed by atoms with van der Waals surface area (Å²) in [5.74, 6) is -0.194. The van der Waals surface area contributed by atoms with Crippen molar-refractivity contribution in [2.24, 2.45) is 0 Å². The van der Waals surface area contributed by atoms with Gasteiger partial charge in [-0.05, 0) is 41.4 Å². The van der Waals surface area contributed by atoms with Gasteiger partial charge < -0.3 is 16.2 Å². The van der Waals surface area contributed by atoms with E-state index in [1.54, 1.807) is 18.2 Å². The van der Waals surface area contributed by atoms with Gasteiger partial charge in [-0.2, -0.15) is 0 Å². The van der Waals surface area contributed by atoms with E-state index in [1.165, 1.54) is 0 Å². The van der Waals surface area contributed by atoms with Crippen LogP contribution in [-0.4, -0.2) is 23.7 Å². The van der Waals surface area contributed by atoms with E-state index in [0.717, 1.165) is 0 Å². The summed E-state index contributed by atoms with van der Waals surface area (Å²) in [6.07, 6.45) is 0.533. The fourth-order valence-corrected chi connectivity index (χ4v) is 1.74. The molecule has 1 unspecified atom stereocenters. The molecule has 0 saturated carbocycles. The van der Waals surface area contributed by atoms with Gasteiger partial charge in [-0.25, -0.2) is 0 Å². The van der Waals surface area contributed by atoms with Gasteiger partial charge in [0.15, 0.2) is 0 Å². The lowest BCUT2D eigenvalue weighted by atomic mass is 10.1. The molecule has 16 heavy (non-hydrogen) atoms. The Morgan fingerprint density at radius 2 is 2.31 bits per heavy atom. The van der Waals surface area contributed by atoms with Crippen molar-refractivity contribution in [3.05, 3.63) is 28.2 Å². The van der Waals surface area contributed by atoms with E-state index in [0.29, 0.717) is 22.1 Å². The molecular formula is C11H15BrN2O2. The number of anilines is 1. The predicted molar refractivity (Wildman–Crippen MR) is 67.2 cm³/mol. The number of nitrogens with two attached hydrogens (primary N) is 1. The van der Waals surface area contributed by atoms with E-state index < -0.39 is 0 Å². The van der Waals surface area contributed by atoms with Crippen LogP contribution in [0.4, 0.5) is 5.69 Å². The van der Waals surface area contributed by atoms with E-state index in [2.05, 4.69) is 21.2 Å². The number of aliphatic hydroxyl groups excluding tert-OH is 1. The molecule has 0 saturated heterocycles. The number of nitrogens with one attached hydrogen (secondary N) is 1. The van der Waals surface area contributed by atoms with Gasteiger partial charge in [0.05, 0.1) is 10.0 Å². The second kappa shape index (κ2) is 5.86. The van der Waals surface area contributed by atoms with Crippen molar-refractivity contribution in [3.63, 3.8) is 0 Å². The zero-order valence-electron chi connectivity index (χ0n) is 9.03. The van der Waals surface area contributed by atoms with Gasteiger partial charge in [-0.3, -0.25) is 4.79 Å². The van der Waals surface area contributed by atoms with Gasteiger partial charge in [-0.1, -0.05) is 6.07 Å². The Labute approximate surface area is 103 Å². The molecule has 1 rings (SSSR count). The topological polar surface area (TPSA) is 75.3 Å². The third-order valence-electron chi connectivity index (χ3n) is 2.21. The van der Waals surface area contributed by atoms with E-state index in [-0.39, 0.29) is 18.6 Å². The molecule has 1 atom stereocenters. The molecule has 4 N–H and O–H groups in total. The molecule has 88 valence electrons. The monoisotopic (exact) mass is 286 g/mol. The van der Waals surface area contributed by atoms with Gasteiger partial charge >= 0.3 is 0 Å². The first-order valence-corrected chi connectivity index (χ1v) is 5.81. The molecule has 0 aliphatic rings. The number of aliphatic hydroxyl groups is 1. The van der Waals surface area contributed by atoms with E-state index in [1.807, 2.05) is 6.92 Å². The molecule has 0 aliphatic heterocycles. The van der Waals surface area contributed by atoms with E-state index in [9.17, 15) is 4.79 Å². The van der Waals surface area contributed by atoms with Crippen molar-refractivity contribution < 1.29 is 9.90 Å². The Bertz CT molecular complexity index is 382. The van der Waals surface area contributed by atoms with Gasteiger partial charge in [0.25, 0.3) is 5.91 Å². The lowest BCUT2D eigenvalue weighted by Gasteiger charge is -2.13. The Morgan fingerprint density at radius 1 is 1.62 bits per heavy atom. The average Bonchev–Trinajstić information content (AvgIpc) is 2.22. The summed E-state index contributed by atoms with van der Waals surface area (Å²) in [4.78, 5) is 11.8. The number of carbonyl (C=O) groups excluding carboxylic acids is 1. The average molecular weight is 287 g/mol. The number of rotatable bonds is 4. The van der Waals surface area contributed by atoms with Crippen LogP contribution in [0.5, 0.6) is 0 Å².